The van der Waals surface area contributed by atoms with Crippen LogP contribution in [0, 0.1) is 0 Å². The largest absolute Gasteiger partial charge is 0.490 e. The number of aliphatic hydroxyl groups is 1. The van der Waals surface area contributed by atoms with Gasteiger partial charge in [-0.05, 0) is 35.4 Å². The first kappa shape index (κ1) is 26.5. The van der Waals surface area contributed by atoms with Crippen molar-refractivity contribution in [2.45, 2.75) is 45.3 Å². The summed E-state index contributed by atoms with van der Waals surface area (Å²) in [4.78, 5) is 22.1. The number of alkyl halides is 1. The van der Waals surface area contributed by atoms with Crippen molar-refractivity contribution in [3.8, 4) is 11.5 Å². The quantitative estimate of drug-likeness (QED) is 0.366. The molecular formula is C25H31ClO7. The third-order valence-corrected chi connectivity index (χ3v) is 5.41. The standard InChI is InChI=1S/C25H31ClO7/c1-17(28)32-23(13-26)15-30-21-9-5-19(6-10-21)25(3,4)20-7-11-22(12-8-20)31-16-24(14-27)33-18(2)29/h5-12,23-24,27H,13-16H2,1-4H3/t23-,24+/m1/s1. The van der Waals surface area contributed by atoms with Crippen LogP contribution >= 0.6 is 11.6 Å². The highest BCUT2D eigenvalue weighted by Crippen LogP contribution is 2.33. The van der Waals surface area contributed by atoms with Crippen LogP contribution in [-0.4, -0.2) is 55.0 Å². The molecule has 0 aliphatic heterocycles. The van der Waals surface area contributed by atoms with E-state index in [1.165, 1.54) is 13.8 Å². The van der Waals surface area contributed by atoms with E-state index >= 15 is 0 Å². The van der Waals surface area contributed by atoms with Crippen molar-refractivity contribution in [1.29, 1.82) is 0 Å². The van der Waals surface area contributed by atoms with E-state index in [-0.39, 0.29) is 31.1 Å². The fourth-order valence-electron chi connectivity index (χ4n) is 3.18. The molecule has 0 radical (unpaired) electrons. The van der Waals surface area contributed by atoms with E-state index in [9.17, 15) is 14.7 Å². The number of hydrogen-bond acceptors (Lipinski definition) is 7. The molecule has 33 heavy (non-hydrogen) atoms. The van der Waals surface area contributed by atoms with Crippen molar-refractivity contribution < 1.29 is 33.6 Å². The van der Waals surface area contributed by atoms with Gasteiger partial charge in [-0.15, -0.1) is 11.6 Å². The van der Waals surface area contributed by atoms with Gasteiger partial charge in [-0.3, -0.25) is 9.59 Å². The lowest BCUT2D eigenvalue weighted by Crippen LogP contribution is -2.27. The predicted molar refractivity (Wildman–Crippen MR) is 125 cm³/mol. The third kappa shape index (κ3) is 8.26. The summed E-state index contributed by atoms with van der Waals surface area (Å²) in [6, 6.07) is 15.4. The van der Waals surface area contributed by atoms with Crippen molar-refractivity contribution in [2.24, 2.45) is 0 Å². The maximum absolute atomic E-state index is 11.1. The second-order valence-corrected chi connectivity index (χ2v) is 8.40. The zero-order chi connectivity index (χ0) is 24.4. The Morgan fingerprint density at radius 2 is 1.21 bits per heavy atom. The molecule has 0 spiro atoms. The topological polar surface area (TPSA) is 91.3 Å². The lowest BCUT2D eigenvalue weighted by molar-refractivity contribution is -0.150. The molecule has 0 fully saturated rings. The minimum absolute atomic E-state index is 0.0717. The van der Waals surface area contributed by atoms with Crippen LogP contribution in [-0.2, 0) is 24.5 Å². The molecule has 0 unspecified atom stereocenters. The Morgan fingerprint density at radius 3 is 1.58 bits per heavy atom. The molecule has 7 nitrogen and oxygen atoms in total. The molecular weight excluding hydrogens is 448 g/mol. The molecule has 0 aliphatic carbocycles. The lowest BCUT2D eigenvalue weighted by Gasteiger charge is -2.26. The van der Waals surface area contributed by atoms with Gasteiger partial charge in [-0.25, -0.2) is 0 Å². The van der Waals surface area contributed by atoms with Crippen molar-refractivity contribution in [2.75, 3.05) is 25.7 Å². The van der Waals surface area contributed by atoms with Gasteiger partial charge in [0.1, 0.15) is 30.8 Å². The highest BCUT2D eigenvalue weighted by molar-refractivity contribution is 6.18. The maximum Gasteiger partial charge on any atom is 0.303 e. The number of aliphatic hydroxyl groups excluding tert-OH is 1. The number of halogens is 1. The van der Waals surface area contributed by atoms with Crippen LogP contribution in [0.25, 0.3) is 0 Å². The van der Waals surface area contributed by atoms with Crippen molar-refractivity contribution >= 4 is 23.5 Å². The fourth-order valence-corrected chi connectivity index (χ4v) is 3.34. The molecule has 2 aromatic carbocycles. The van der Waals surface area contributed by atoms with E-state index in [2.05, 4.69) is 13.8 Å². The van der Waals surface area contributed by atoms with E-state index in [1.807, 2.05) is 48.5 Å². The second kappa shape index (κ2) is 12.5. The Labute approximate surface area is 199 Å². The van der Waals surface area contributed by atoms with Crippen LogP contribution in [0.2, 0.25) is 0 Å². The normalized spacial score (nSPS) is 13.0. The number of carbonyl (C=O) groups excluding carboxylic acids is 2. The predicted octanol–water partition coefficient (Wildman–Crippen LogP) is 3.86. The Kier molecular flexibility index (Phi) is 10.0. The van der Waals surface area contributed by atoms with Crippen molar-refractivity contribution in [3.63, 3.8) is 0 Å². The van der Waals surface area contributed by atoms with Crippen LogP contribution in [0.15, 0.2) is 48.5 Å². The van der Waals surface area contributed by atoms with Gasteiger partial charge in [0.05, 0.1) is 12.5 Å². The molecule has 2 atom stereocenters. The molecule has 0 bridgehead atoms. The minimum atomic E-state index is -0.701. The minimum Gasteiger partial charge on any atom is -0.490 e. The Hall–Kier alpha value is -2.77. The van der Waals surface area contributed by atoms with Gasteiger partial charge >= 0.3 is 11.9 Å². The Bertz CT molecular complexity index is 820. The van der Waals surface area contributed by atoms with Crippen molar-refractivity contribution in [3.05, 3.63) is 59.7 Å². The first-order chi connectivity index (χ1) is 15.6. The summed E-state index contributed by atoms with van der Waals surface area (Å²) in [5, 5.41) is 9.27. The number of ether oxygens (including phenoxy) is 4. The van der Waals surface area contributed by atoms with Crippen molar-refractivity contribution in [1.82, 2.24) is 0 Å². The lowest BCUT2D eigenvalue weighted by atomic mass is 9.78. The average Bonchev–Trinajstić information content (AvgIpc) is 2.79. The highest BCUT2D eigenvalue weighted by Gasteiger charge is 2.23. The van der Waals surface area contributed by atoms with Gasteiger partial charge in [0.15, 0.2) is 6.10 Å². The molecule has 8 heteroatoms. The van der Waals surface area contributed by atoms with Gasteiger partial charge < -0.3 is 24.1 Å². The molecule has 0 amide bonds. The molecule has 2 rings (SSSR count). The summed E-state index contributed by atoms with van der Waals surface area (Å²) in [5.41, 5.74) is 1.89. The van der Waals surface area contributed by atoms with Crippen LogP contribution in [0.5, 0.6) is 11.5 Å². The average molecular weight is 479 g/mol. The van der Waals surface area contributed by atoms with Gasteiger partial charge in [-0.1, -0.05) is 38.1 Å². The van der Waals surface area contributed by atoms with Gasteiger partial charge in [0.25, 0.3) is 0 Å². The molecule has 0 aromatic heterocycles. The Morgan fingerprint density at radius 1 is 0.818 bits per heavy atom. The molecule has 0 saturated heterocycles. The highest BCUT2D eigenvalue weighted by atomic mass is 35.5. The van der Waals surface area contributed by atoms with E-state index in [4.69, 9.17) is 30.5 Å². The first-order valence-corrected chi connectivity index (χ1v) is 11.2. The monoisotopic (exact) mass is 478 g/mol. The Balaban J connectivity index is 1.99. The van der Waals surface area contributed by atoms with E-state index in [0.717, 1.165) is 11.1 Å². The number of hydrogen-bond donors (Lipinski definition) is 1. The van der Waals surface area contributed by atoms with Gasteiger partial charge in [0.2, 0.25) is 0 Å². The number of esters is 2. The molecule has 0 heterocycles. The van der Waals surface area contributed by atoms with Gasteiger partial charge in [0, 0.05) is 19.3 Å². The second-order valence-electron chi connectivity index (χ2n) is 8.10. The molecule has 180 valence electrons. The number of benzene rings is 2. The van der Waals surface area contributed by atoms with Crippen LogP contribution in [0.4, 0.5) is 0 Å². The summed E-state index contributed by atoms with van der Waals surface area (Å²) >= 11 is 5.81. The zero-order valence-electron chi connectivity index (χ0n) is 19.4. The molecule has 0 aliphatic rings. The van der Waals surface area contributed by atoms with Gasteiger partial charge in [-0.2, -0.15) is 0 Å². The number of rotatable bonds is 12. The fraction of sp³-hybridized carbons (Fsp3) is 0.440. The molecule has 2 aromatic rings. The summed E-state index contributed by atoms with van der Waals surface area (Å²) in [7, 11) is 0. The summed E-state index contributed by atoms with van der Waals surface area (Å²) in [5.74, 6) is 0.580. The summed E-state index contributed by atoms with van der Waals surface area (Å²) in [6.07, 6.45) is -1.20. The van der Waals surface area contributed by atoms with E-state index in [0.29, 0.717) is 11.5 Å². The summed E-state index contributed by atoms with van der Waals surface area (Å²) in [6.45, 7) is 6.81. The summed E-state index contributed by atoms with van der Waals surface area (Å²) < 4.78 is 21.4. The SMILES string of the molecule is CC(=O)O[C@H](CCl)COc1ccc(C(C)(C)c2ccc(OC[C@H](CO)OC(C)=O)cc2)cc1. The van der Waals surface area contributed by atoms with Crippen LogP contribution < -0.4 is 9.47 Å². The maximum atomic E-state index is 11.1. The van der Waals surface area contributed by atoms with E-state index < -0.39 is 24.1 Å². The molecule has 1 N–H and O–H groups in total. The van der Waals surface area contributed by atoms with Crippen LogP contribution in [0.3, 0.4) is 0 Å². The third-order valence-electron chi connectivity index (χ3n) is 5.06. The molecule has 0 saturated carbocycles. The number of carbonyl (C=O) groups is 2. The van der Waals surface area contributed by atoms with E-state index in [1.54, 1.807) is 0 Å². The van der Waals surface area contributed by atoms with Crippen LogP contribution in [0.1, 0.15) is 38.8 Å². The smallest absolute Gasteiger partial charge is 0.303 e. The first-order valence-electron chi connectivity index (χ1n) is 10.6. The zero-order valence-corrected chi connectivity index (χ0v) is 20.1.